The van der Waals surface area contributed by atoms with Crippen LogP contribution in [0, 0.1) is 5.92 Å². The molecule has 0 unspecified atom stereocenters. The summed E-state index contributed by atoms with van der Waals surface area (Å²) >= 11 is 0. The molecular weight excluding hydrogens is 354 g/mol. The van der Waals surface area contributed by atoms with Crippen LogP contribution in [0.15, 0.2) is 29.2 Å². The topological polar surface area (TPSA) is 80.7 Å². The molecule has 1 saturated carbocycles. The Balaban J connectivity index is 1.57. The lowest BCUT2D eigenvalue weighted by Gasteiger charge is -2.44. The third kappa shape index (κ3) is 4.26. The lowest BCUT2D eigenvalue weighted by atomic mass is 9.78. The monoisotopic (exact) mass is 379 g/mol. The van der Waals surface area contributed by atoms with Crippen LogP contribution in [-0.4, -0.2) is 50.6 Å². The summed E-state index contributed by atoms with van der Waals surface area (Å²) in [7, 11) is -3.31. The first kappa shape index (κ1) is 18.9. The molecular formula is C19H25NO5S. The van der Waals surface area contributed by atoms with E-state index in [9.17, 15) is 18.0 Å². The van der Waals surface area contributed by atoms with Crippen LogP contribution in [0.2, 0.25) is 0 Å². The molecule has 26 heavy (non-hydrogen) atoms. The van der Waals surface area contributed by atoms with Gasteiger partial charge in [0.15, 0.2) is 16.4 Å². The van der Waals surface area contributed by atoms with Crippen molar-refractivity contribution in [3.63, 3.8) is 0 Å². The zero-order valence-corrected chi connectivity index (χ0v) is 15.8. The molecule has 1 saturated heterocycles. The van der Waals surface area contributed by atoms with E-state index in [1.54, 1.807) is 0 Å². The van der Waals surface area contributed by atoms with E-state index in [4.69, 9.17) is 4.74 Å². The molecule has 0 radical (unpaired) electrons. The summed E-state index contributed by atoms with van der Waals surface area (Å²) in [6, 6.07) is 5.83. The number of ether oxygens (including phenoxy) is 1. The van der Waals surface area contributed by atoms with Gasteiger partial charge in [0.2, 0.25) is 0 Å². The highest BCUT2D eigenvalue weighted by molar-refractivity contribution is 7.90. The van der Waals surface area contributed by atoms with Crippen molar-refractivity contribution in [1.82, 2.24) is 4.90 Å². The predicted octanol–water partition coefficient (Wildman–Crippen LogP) is 2.43. The summed E-state index contributed by atoms with van der Waals surface area (Å²) in [5, 5.41) is 0. The third-order valence-electron chi connectivity index (χ3n) is 5.41. The molecule has 0 bridgehead atoms. The molecule has 2 fully saturated rings. The molecule has 0 N–H and O–H groups in total. The van der Waals surface area contributed by atoms with Crippen molar-refractivity contribution in [3.05, 3.63) is 29.8 Å². The second-order valence-electron chi connectivity index (χ2n) is 7.21. The van der Waals surface area contributed by atoms with E-state index in [-0.39, 0.29) is 29.0 Å². The van der Waals surface area contributed by atoms with Crippen molar-refractivity contribution in [1.29, 1.82) is 0 Å². The fourth-order valence-corrected chi connectivity index (χ4v) is 4.70. The van der Waals surface area contributed by atoms with Gasteiger partial charge in [-0.3, -0.25) is 4.79 Å². The van der Waals surface area contributed by atoms with E-state index < -0.39 is 15.8 Å². The van der Waals surface area contributed by atoms with Crippen molar-refractivity contribution in [2.45, 2.75) is 49.5 Å². The van der Waals surface area contributed by atoms with Gasteiger partial charge >= 0.3 is 5.97 Å². The second kappa shape index (κ2) is 7.78. The van der Waals surface area contributed by atoms with Gasteiger partial charge in [-0.2, -0.15) is 0 Å². The van der Waals surface area contributed by atoms with Crippen LogP contribution in [0.1, 0.15) is 48.9 Å². The number of amides is 1. The summed E-state index contributed by atoms with van der Waals surface area (Å²) in [6.07, 6.45) is 7.90. The maximum Gasteiger partial charge on any atom is 0.338 e. The molecule has 1 amide bonds. The summed E-state index contributed by atoms with van der Waals surface area (Å²) in [4.78, 5) is 26.7. The largest absolute Gasteiger partial charge is 0.452 e. The van der Waals surface area contributed by atoms with Crippen molar-refractivity contribution in [2.75, 3.05) is 19.4 Å². The van der Waals surface area contributed by atoms with Gasteiger partial charge in [-0.15, -0.1) is 0 Å². The number of nitrogens with zero attached hydrogens (tertiary/aromatic N) is 1. The second-order valence-corrected chi connectivity index (χ2v) is 9.23. The normalized spacial score (nSPS) is 23.2. The van der Waals surface area contributed by atoms with Crippen LogP contribution in [0.4, 0.5) is 0 Å². The zero-order chi connectivity index (χ0) is 18.7. The van der Waals surface area contributed by atoms with Gasteiger partial charge in [0.05, 0.1) is 10.5 Å². The summed E-state index contributed by atoms with van der Waals surface area (Å²) in [5.74, 6) is -0.168. The Bertz CT molecular complexity index is 770. The highest BCUT2D eigenvalue weighted by Crippen LogP contribution is 2.35. The molecule has 1 aromatic rings. The average molecular weight is 379 g/mol. The van der Waals surface area contributed by atoms with Crippen LogP contribution >= 0.6 is 0 Å². The van der Waals surface area contributed by atoms with Crippen molar-refractivity contribution in [2.24, 2.45) is 5.92 Å². The smallest absolute Gasteiger partial charge is 0.338 e. The quantitative estimate of drug-likeness (QED) is 0.751. The molecule has 0 spiro atoms. The van der Waals surface area contributed by atoms with E-state index in [1.165, 1.54) is 43.5 Å². The SMILES string of the molecule is CS(=O)(=O)c1ccc(C(=O)OCC(=O)N2CCC[C@@H]3CCCC[C@@H]32)cc1. The first-order valence-corrected chi connectivity index (χ1v) is 11.0. The van der Waals surface area contributed by atoms with Crippen LogP contribution in [0.5, 0.6) is 0 Å². The molecule has 3 rings (SSSR count). The van der Waals surface area contributed by atoms with E-state index in [0.29, 0.717) is 5.92 Å². The minimum Gasteiger partial charge on any atom is -0.452 e. The Kier molecular flexibility index (Phi) is 5.65. The molecule has 1 heterocycles. The minimum absolute atomic E-state index is 0.136. The Morgan fingerprint density at radius 2 is 1.73 bits per heavy atom. The molecule has 0 aromatic heterocycles. The summed E-state index contributed by atoms with van der Waals surface area (Å²) < 4.78 is 28.1. The fraction of sp³-hybridized carbons (Fsp3) is 0.579. The van der Waals surface area contributed by atoms with Crippen LogP contribution in [-0.2, 0) is 19.4 Å². The number of carbonyl (C=O) groups is 2. The van der Waals surface area contributed by atoms with Crippen molar-refractivity contribution >= 4 is 21.7 Å². The highest BCUT2D eigenvalue weighted by Gasteiger charge is 2.35. The standard InChI is InChI=1S/C19H25NO5S/c1-26(23,24)16-10-8-15(9-11-16)19(22)25-13-18(21)20-12-4-6-14-5-2-3-7-17(14)20/h8-11,14,17H,2-7,12-13H2,1H3/t14-,17-/m0/s1. The zero-order valence-electron chi connectivity index (χ0n) is 15.0. The number of likely N-dealkylation sites (tertiary alicyclic amines) is 1. The highest BCUT2D eigenvalue weighted by atomic mass is 32.2. The van der Waals surface area contributed by atoms with E-state index in [1.807, 2.05) is 4.90 Å². The molecule has 7 heteroatoms. The molecule has 1 aromatic carbocycles. The van der Waals surface area contributed by atoms with E-state index in [2.05, 4.69) is 0 Å². The Labute approximate surface area is 154 Å². The number of carbonyl (C=O) groups excluding carboxylic acids is 2. The van der Waals surface area contributed by atoms with Gasteiger partial charge in [0.25, 0.3) is 5.91 Å². The van der Waals surface area contributed by atoms with E-state index >= 15 is 0 Å². The van der Waals surface area contributed by atoms with Crippen LogP contribution in [0.25, 0.3) is 0 Å². The summed E-state index contributed by atoms with van der Waals surface area (Å²) in [6.45, 7) is 0.469. The van der Waals surface area contributed by atoms with Gasteiger partial charge in [0.1, 0.15) is 0 Å². The van der Waals surface area contributed by atoms with Gasteiger partial charge in [-0.05, 0) is 55.9 Å². The number of rotatable bonds is 4. The third-order valence-corrected chi connectivity index (χ3v) is 6.54. The molecule has 2 atom stereocenters. The Hall–Kier alpha value is -1.89. The first-order chi connectivity index (χ1) is 12.4. The fourth-order valence-electron chi connectivity index (χ4n) is 4.07. The average Bonchev–Trinajstić information content (AvgIpc) is 2.64. The lowest BCUT2D eigenvalue weighted by Crippen LogP contribution is -2.50. The number of piperidine rings is 1. The van der Waals surface area contributed by atoms with Gasteiger partial charge in [0, 0.05) is 18.8 Å². The first-order valence-electron chi connectivity index (χ1n) is 9.13. The number of hydrogen-bond donors (Lipinski definition) is 0. The van der Waals surface area contributed by atoms with Gasteiger partial charge < -0.3 is 9.64 Å². The Morgan fingerprint density at radius 1 is 1.08 bits per heavy atom. The van der Waals surface area contributed by atoms with Gasteiger partial charge in [-0.1, -0.05) is 12.8 Å². The Morgan fingerprint density at radius 3 is 2.42 bits per heavy atom. The molecule has 142 valence electrons. The van der Waals surface area contributed by atoms with Crippen molar-refractivity contribution in [3.8, 4) is 0 Å². The number of sulfone groups is 1. The number of hydrogen-bond acceptors (Lipinski definition) is 5. The van der Waals surface area contributed by atoms with Crippen LogP contribution in [0.3, 0.4) is 0 Å². The van der Waals surface area contributed by atoms with Crippen molar-refractivity contribution < 1.29 is 22.7 Å². The number of benzene rings is 1. The predicted molar refractivity (Wildman–Crippen MR) is 96.5 cm³/mol. The maximum atomic E-state index is 12.5. The number of esters is 1. The molecule has 2 aliphatic rings. The minimum atomic E-state index is -3.31. The van der Waals surface area contributed by atoms with Crippen LogP contribution < -0.4 is 0 Å². The maximum absolute atomic E-state index is 12.5. The van der Waals surface area contributed by atoms with Gasteiger partial charge in [-0.25, -0.2) is 13.2 Å². The lowest BCUT2D eigenvalue weighted by molar-refractivity contribution is -0.140. The molecule has 1 aliphatic carbocycles. The summed E-state index contributed by atoms with van der Waals surface area (Å²) in [5.41, 5.74) is 0.236. The number of fused-ring (bicyclic) bond motifs is 1. The molecule has 1 aliphatic heterocycles. The molecule has 6 nitrogen and oxygen atoms in total. The van der Waals surface area contributed by atoms with E-state index in [0.717, 1.165) is 32.1 Å².